The van der Waals surface area contributed by atoms with Gasteiger partial charge in [-0.15, -0.1) is 11.3 Å². The second kappa shape index (κ2) is 7.84. The number of fused-ring (bicyclic) bond motifs is 2. The number of carbonyl (C=O) groups excluding carboxylic acids is 1. The molecule has 0 radical (unpaired) electrons. The normalized spacial score (nSPS) is 26.6. The van der Waals surface area contributed by atoms with Crippen LogP contribution in [-0.2, 0) is 9.53 Å². The average Bonchev–Trinajstić information content (AvgIpc) is 3.46. The van der Waals surface area contributed by atoms with Crippen LogP contribution < -0.4 is 10.2 Å². The molecule has 2 saturated carbocycles. The summed E-state index contributed by atoms with van der Waals surface area (Å²) in [5, 5.41) is 6.25. The molecule has 1 N–H and O–H groups in total. The van der Waals surface area contributed by atoms with E-state index in [2.05, 4.69) is 15.6 Å². The van der Waals surface area contributed by atoms with Gasteiger partial charge < -0.3 is 15.0 Å². The Morgan fingerprint density at radius 1 is 1.18 bits per heavy atom. The third-order valence-electron chi connectivity index (χ3n) is 6.57. The van der Waals surface area contributed by atoms with Crippen LogP contribution in [-0.4, -0.2) is 37.2 Å². The van der Waals surface area contributed by atoms with E-state index in [-0.39, 0.29) is 5.91 Å². The Hall–Kier alpha value is -1.92. The SMILES string of the molecule is O=C(CC1CC2CCC1C2)Nc1ccc(-c2csc(N3CCOCC3)n2)cc1. The summed E-state index contributed by atoms with van der Waals surface area (Å²) in [7, 11) is 0. The number of rotatable bonds is 5. The van der Waals surface area contributed by atoms with Gasteiger partial charge in [-0.05, 0) is 49.1 Å². The standard InChI is InChI=1S/C22H27N3O2S/c26-21(13-18-12-15-1-2-17(18)11-15)23-19-5-3-16(4-6-19)20-14-28-22(24-20)25-7-9-27-10-8-25/h3-6,14-15,17-18H,1-2,7-13H2,(H,23,26). The molecule has 3 fully saturated rings. The summed E-state index contributed by atoms with van der Waals surface area (Å²) in [5.41, 5.74) is 2.95. The van der Waals surface area contributed by atoms with Crippen LogP contribution in [0.25, 0.3) is 11.3 Å². The molecule has 5 nitrogen and oxygen atoms in total. The van der Waals surface area contributed by atoms with Crippen molar-refractivity contribution in [1.29, 1.82) is 0 Å². The van der Waals surface area contributed by atoms with E-state index >= 15 is 0 Å². The van der Waals surface area contributed by atoms with E-state index in [4.69, 9.17) is 9.72 Å². The molecule has 5 rings (SSSR count). The van der Waals surface area contributed by atoms with Gasteiger partial charge in [-0.25, -0.2) is 4.98 Å². The van der Waals surface area contributed by atoms with E-state index < -0.39 is 0 Å². The topological polar surface area (TPSA) is 54.5 Å². The van der Waals surface area contributed by atoms with Crippen molar-refractivity contribution >= 4 is 28.1 Å². The maximum absolute atomic E-state index is 12.4. The number of aromatic nitrogens is 1. The summed E-state index contributed by atoms with van der Waals surface area (Å²) < 4.78 is 5.41. The summed E-state index contributed by atoms with van der Waals surface area (Å²) >= 11 is 1.68. The largest absolute Gasteiger partial charge is 0.378 e. The smallest absolute Gasteiger partial charge is 0.224 e. The molecule has 28 heavy (non-hydrogen) atoms. The second-order valence-corrected chi connectivity index (χ2v) is 9.22. The Bertz CT molecular complexity index is 829. The monoisotopic (exact) mass is 397 g/mol. The number of hydrogen-bond acceptors (Lipinski definition) is 5. The molecule has 1 saturated heterocycles. The van der Waals surface area contributed by atoms with Crippen LogP contribution in [0.3, 0.4) is 0 Å². The van der Waals surface area contributed by atoms with E-state index in [0.717, 1.165) is 60.2 Å². The highest BCUT2D eigenvalue weighted by atomic mass is 32.1. The van der Waals surface area contributed by atoms with Gasteiger partial charge in [0.1, 0.15) is 0 Å². The Balaban J connectivity index is 1.19. The van der Waals surface area contributed by atoms with Gasteiger partial charge in [0.05, 0.1) is 18.9 Å². The fraction of sp³-hybridized carbons (Fsp3) is 0.545. The Kier molecular flexibility index (Phi) is 5.07. The van der Waals surface area contributed by atoms with Crippen LogP contribution in [0.2, 0.25) is 0 Å². The lowest BCUT2D eigenvalue weighted by Gasteiger charge is -2.26. The lowest BCUT2D eigenvalue weighted by molar-refractivity contribution is -0.117. The summed E-state index contributed by atoms with van der Waals surface area (Å²) in [6, 6.07) is 8.07. The molecule has 0 spiro atoms. The summed E-state index contributed by atoms with van der Waals surface area (Å²) in [6.45, 7) is 3.35. The molecule has 3 atom stereocenters. The van der Waals surface area contributed by atoms with E-state index in [1.165, 1.54) is 25.7 Å². The number of nitrogens with one attached hydrogen (secondary N) is 1. The maximum Gasteiger partial charge on any atom is 0.224 e. The van der Waals surface area contributed by atoms with E-state index in [1.807, 2.05) is 24.3 Å². The fourth-order valence-corrected chi connectivity index (χ4v) is 5.99. The number of ether oxygens (including phenoxy) is 1. The number of morpholine rings is 1. The van der Waals surface area contributed by atoms with E-state index in [1.54, 1.807) is 11.3 Å². The molecule has 2 aromatic rings. The molecule has 2 bridgehead atoms. The number of benzene rings is 1. The highest BCUT2D eigenvalue weighted by Crippen LogP contribution is 2.49. The lowest BCUT2D eigenvalue weighted by Crippen LogP contribution is -2.36. The molecule has 2 aliphatic carbocycles. The van der Waals surface area contributed by atoms with E-state index in [9.17, 15) is 4.79 Å². The quantitative estimate of drug-likeness (QED) is 0.812. The molecule has 1 aromatic carbocycles. The minimum Gasteiger partial charge on any atom is -0.378 e. The number of nitrogens with zero attached hydrogens (tertiary/aromatic N) is 2. The first-order valence-corrected chi connectivity index (χ1v) is 11.3. The van der Waals surface area contributed by atoms with Gasteiger partial charge >= 0.3 is 0 Å². The second-order valence-electron chi connectivity index (χ2n) is 8.38. The van der Waals surface area contributed by atoms with Crippen LogP contribution >= 0.6 is 11.3 Å². The highest BCUT2D eigenvalue weighted by molar-refractivity contribution is 7.14. The molecule has 1 aromatic heterocycles. The van der Waals surface area contributed by atoms with Crippen molar-refractivity contribution in [2.24, 2.45) is 17.8 Å². The zero-order valence-electron chi connectivity index (χ0n) is 16.1. The van der Waals surface area contributed by atoms with Crippen LogP contribution in [0.5, 0.6) is 0 Å². The van der Waals surface area contributed by atoms with Crippen molar-refractivity contribution < 1.29 is 9.53 Å². The van der Waals surface area contributed by atoms with Gasteiger partial charge in [-0.2, -0.15) is 0 Å². The van der Waals surface area contributed by atoms with Gasteiger partial charge in [0.25, 0.3) is 0 Å². The van der Waals surface area contributed by atoms with Crippen molar-refractivity contribution in [1.82, 2.24) is 4.98 Å². The molecule has 6 heteroatoms. The third kappa shape index (κ3) is 3.80. The zero-order valence-corrected chi connectivity index (χ0v) is 16.9. The average molecular weight is 398 g/mol. The molecular weight excluding hydrogens is 370 g/mol. The van der Waals surface area contributed by atoms with Gasteiger partial charge in [0, 0.05) is 36.1 Å². The van der Waals surface area contributed by atoms with Gasteiger partial charge in [0.2, 0.25) is 5.91 Å². The number of amides is 1. The predicted octanol–water partition coefficient (Wildman–Crippen LogP) is 4.41. The van der Waals surface area contributed by atoms with Crippen LogP contribution in [0.4, 0.5) is 10.8 Å². The number of thiazole rings is 1. The molecule has 3 unspecified atom stereocenters. The number of carbonyl (C=O) groups is 1. The Morgan fingerprint density at radius 2 is 2.00 bits per heavy atom. The Labute approximate surface area is 170 Å². The minimum atomic E-state index is 0.161. The first-order chi connectivity index (χ1) is 13.7. The minimum absolute atomic E-state index is 0.161. The van der Waals surface area contributed by atoms with Crippen molar-refractivity contribution in [3.05, 3.63) is 29.6 Å². The molecule has 1 aliphatic heterocycles. The first kappa shape index (κ1) is 18.1. The Morgan fingerprint density at radius 3 is 2.71 bits per heavy atom. The van der Waals surface area contributed by atoms with E-state index in [0.29, 0.717) is 12.3 Å². The van der Waals surface area contributed by atoms with Crippen molar-refractivity contribution in [2.45, 2.75) is 32.1 Å². The summed E-state index contributed by atoms with van der Waals surface area (Å²) in [6.07, 6.45) is 6.00. The maximum atomic E-state index is 12.4. The first-order valence-electron chi connectivity index (χ1n) is 10.4. The lowest BCUT2D eigenvalue weighted by atomic mass is 9.86. The zero-order chi connectivity index (χ0) is 18.9. The molecule has 1 amide bonds. The van der Waals surface area contributed by atoms with Crippen LogP contribution in [0, 0.1) is 17.8 Å². The number of anilines is 2. The van der Waals surface area contributed by atoms with Crippen molar-refractivity contribution in [3.63, 3.8) is 0 Å². The van der Waals surface area contributed by atoms with Gasteiger partial charge in [-0.3, -0.25) is 4.79 Å². The molecule has 148 valence electrons. The van der Waals surface area contributed by atoms with Crippen LogP contribution in [0.1, 0.15) is 32.1 Å². The predicted molar refractivity (Wildman–Crippen MR) is 113 cm³/mol. The third-order valence-corrected chi connectivity index (χ3v) is 7.47. The highest BCUT2D eigenvalue weighted by Gasteiger charge is 2.40. The molecular formula is C22H27N3O2S. The summed E-state index contributed by atoms with van der Waals surface area (Å²) in [4.78, 5) is 19.5. The van der Waals surface area contributed by atoms with Crippen LogP contribution in [0.15, 0.2) is 29.6 Å². The number of hydrogen-bond donors (Lipinski definition) is 1. The van der Waals surface area contributed by atoms with Crippen molar-refractivity contribution in [3.8, 4) is 11.3 Å². The summed E-state index contributed by atoms with van der Waals surface area (Å²) in [5.74, 6) is 2.45. The van der Waals surface area contributed by atoms with Gasteiger partial charge in [-0.1, -0.05) is 18.6 Å². The van der Waals surface area contributed by atoms with Crippen molar-refractivity contribution in [2.75, 3.05) is 36.5 Å². The fourth-order valence-electron chi connectivity index (χ4n) is 5.10. The molecule has 2 heterocycles. The molecule has 3 aliphatic rings. The van der Waals surface area contributed by atoms with Gasteiger partial charge in [0.15, 0.2) is 5.13 Å².